The number of nitrogens with zero attached hydrogens (tertiary/aromatic N) is 1. The lowest BCUT2D eigenvalue weighted by Crippen LogP contribution is -2.44. The number of likely N-dealkylation sites (tertiary alicyclic amines) is 1. The fourth-order valence-corrected chi connectivity index (χ4v) is 2.64. The standard InChI is InChI=1S/C15H20N4O2.2C2H6/c1-9-7-12(14(20)18-2)19(8-9)15(21)11-5-3-10(4-6-11)13(16)17;2*1-2/h3-6,9,12H,7-8H2,1-2H3,(H3,16,17)(H,18,20);2*1-2H3. The molecule has 1 aliphatic heterocycles. The third kappa shape index (κ3) is 5.89. The van der Waals surface area contributed by atoms with Crippen LogP contribution in [-0.2, 0) is 4.79 Å². The van der Waals surface area contributed by atoms with Crippen LogP contribution in [0, 0.1) is 11.3 Å². The number of benzene rings is 1. The van der Waals surface area contributed by atoms with Crippen molar-refractivity contribution in [2.45, 2.75) is 47.1 Å². The second-order valence-electron chi connectivity index (χ2n) is 5.42. The molecule has 0 aliphatic carbocycles. The monoisotopic (exact) mass is 348 g/mol. The van der Waals surface area contributed by atoms with Gasteiger partial charge in [0.1, 0.15) is 11.9 Å². The van der Waals surface area contributed by atoms with Crippen molar-refractivity contribution in [3.05, 3.63) is 35.4 Å². The highest BCUT2D eigenvalue weighted by Crippen LogP contribution is 2.25. The Morgan fingerprint density at radius 2 is 1.60 bits per heavy atom. The molecule has 1 aliphatic rings. The van der Waals surface area contributed by atoms with Crippen molar-refractivity contribution in [3.8, 4) is 0 Å². The minimum Gasteiger partial charge on any atom is -0.384 e. The van der Waals surface area contributed by atoms with Crippen LogP contribution in [0.15, 0.2) is 24.3 Å². The average molecular weight is 348 g/mol. The van der Waals surface area contributed by atoms with Crippen molar-refractivity contribution in [1.82, 2.24) is 10.2 Å². The summed E-state index contributed by atoms with van der Waals surface area (Å²) in [5.74, 6) is -0.0316. The van der Waals surface area contributed by atoms with Gasteiger partial charge in [0.2, 0.25) is 5.91 Å². The smallest absolute Gasteiger partial charge is 0.254 e. The van der Waals surface area contributed by atoms with Crippen LogP contribution < -0.4 is 11.1 Å². The number of carbonyl (C=O) groups is 2. The van der Waals surface area contributed by atoms with Gasteiger partial charge in [0.15, 0.2) is 0 Å². The van der Waals surface area contributed by atoms with Crippen LogP contribution in [0.1, 0.15) is 57.0 Å². The minimum absolute atomic E-state index is 0.0352. The topological polar surface area (TPSA) is 99.3 Å². The summed E-state index contributed by atoms with van der Waals surface area (Å²) in [7, 11) is 1.58. The molecule has 0 radical (unpaired) electrons. The van der Waals surface area contributed by atoms with E-state index in [0.717, 1.165) is 0 Å². The number of hydrogen-bond donors (Lipinski definition) is 3. The van der Waals surface area contributed by atoms with Crippen LogP contribution in [-0.4, -0.2) is 42.2 Å². The Labute approximate surface area is 151 Å². The Kier molecular flexibility index (Phi) is 10.2. The fraction of sp³-hybridized carbons (Fsp3) is 0.526. The molecule has 25 heavy (non-hydrogen) atoms. The number of nitrogens with one attached hydrogen (secondary N) is 2. The number of rotatable bonds is 3. The van der Waals surface area contributed by atoms with Crippen LogP contribution in [0.25, 0.3) is 0 Å². The predicted molar refractivity (Wildman–Crippen MR) is 103 cm³/mol. The quantitative estimate of drug-likeness (QED) is 0.578. The zero-order valence-corrected chi connectivity index (χ0v) is 16.2. The largest absolute Gasteiger partial charge is 0.384 e. The van der Waals surface area contributed by atoms with Gasteiger partial charge in [0.05, 0.1) is 0 Å². The molecule has 1 heterocycles. The molecule has 0 aromatic heterocycles. The molecule has 0 bridgehead atoms. The van der Waals surface area contributed by atoms with Crippen molar-refractivity contribution in [2.24, 2.45) is 11.7 Å². The van der Waals surface area contributed by atoms with E-state index in [2.05, 4.69) is 5.32 Å². The molecule has 1 aromatic carbocycles. The van der Waals surface area contributed by atoms with Gasteiger partial charge in [-0.2, -0.15) is 0 Å². The third-order valence-corrected chi connectivity index (χ3v) is 3.76. The summed E-state index contributed by atoms with van der Waals surface area (Å²) in [6, 6.07) is 6.16. The van der Waals surface area contributed by atoms with E-state index >= 15 is 0 Å². The third-order valence-electron chi connectivity index (χ3n) is 3.76. The molecule has 4 N–H and O–H groups in total. The highest BCUT2D eigenvalue weighted by molar-refractivity contribution is 6.00. The predicted octanol–water partition coefficient (Wildman–Crippen LogP) is 2.62. The average Bonchev–Trinajstić information content (AvgIpc) is 3.05. The molecule has 1 saturated heterocycles. The first kappa shape index (κ1) is 22.6. The summed E-state index contributed by atoms with van der Waals surface area (Å²) >= 11 is 0. The Morgan fingerprint density at radius 3 is 2.04 bits per heavy atom. The Morgan fingerprint density at radius 1 is 1.12 bits per heavy atom. The van der Waals surface area contributed by atoms with E-state index in [1.807, 2.05) is 34.6 Å². The SMILES string of the molecule is CC.CC.CNC(=O)C1CC(C)CN1C(=O)c1ccc(C(=N)N)cc1. The zero-order valence-electron chi connectivity index (χ0n) is 16.2. The maximum Gasteiger partial charge on any atom is 0.254 e. The number of likely N-dealkylation sites (N-methyl/N-ethyl adjacent to an activating group) is 1. The van der Waals surface area contributed by atoms with E-state index in [1.165, 1.54) is 0 Å². The minimum atomic E-state index is -0.412. The van der Waals surface area contributed by atoms with Crippen LogP contribution in [0.3, 0.4) is 0 Å². The highest BCUT2D eigenvalue weighted by Gasteiger charge is 2.37. The summed E-state index contributed by atoms with van der Waals surface area (Å²) in [5, 5.41) is 9.96. The van der Waals surface area contributed by atoms with E-state index in [-0.39, 0.29) is 17.6 Å². The molecule has 6 nitrogen and oxygen atoms in total. The van der Waals surface area contributed by atoms with Gasteiger partial charge < -0.3 is 16.0 Å². The molecule has 1 aromatic rings. The molecular weight excluding hydrogens is 316 g/mol. The number of carbonyl (C=O) groups excluding carboxylic acids is 2. The maximum absolute atomic E-state index is 12.6. The zero-order chi connectivity index (χ0) is 19.6. The summed E-state index contributed by atoms with van der Waals surface area (Å²) in [4.78, 5) is 26.1. The van der Waals surface area contributed by atoms with Gasteiger partial charge in [0, 0.05) is 24.7 Å². The van der Waals surface area contributed by atoms with Crippen LogP contribution in [0.4, 0.5) is 0 Å². The van der Waals surface area contributed by atoms with E-state index in [4.69, 9.17) is 11.1 Å². The summed E-state index contributed by atoms with van der Waals surface area (Å²) in [6.07, 6.45) is 0.678. The normalized spacial score (nSPS) is 18.2. The first-order valence-corrected chi connectivity index (χ1v) is 8.91. The van der Waals surface area contributed by atoms with Gasteiger partial charge in [-0.05, 0) is 24.5 Å². The maximum atomic E-state index is 12.6. The van der Waals surface area contributed by atoms with Gasteiger partial charge in [-0.1, -0.05) is 46.8 Å². The van der Waals surface area contributed by atoms with E-state index in [0.29, 0.717) is 30.0 Å². The first-order valence-electron chi connectivity index (χ1n) is 8.91. The second-order valence-corrected chi connectivity index (χ2v) is 5.42. The van der Waals surface area contributed by atoms with E-state index in [1.54, 1.807) is 36.2 Å². The summed E-state index contributed by atoms with van der Waals surface area (Å²) in [6.45, 7) is 10.6. The van der Waals surface area contributed by atoms with E-state index < -0.39 is 6.04 Å². The van der Waals surface area contributed by atoms with Gasteiger partial charge >= 0.3 is 0 Å². The van der Waals surface area contributed by atoms with Crippen molar-refractivity contribution in [1.29, 1.82) is 5.41 Å². The lowest BCUT2D eigenvalue weighted by atomic mass is 10.1. The molecule has 0 spiro atoms. The Bertz CT molecular complexity index is 569. The summed E-state index contributed by atoms with van der Waals surface area (Å²) in [5.41, 5.74) is 6.47. The number of hydrogen-bond acceptors (Lipinski definition) is 3. The van der Waals surface area contributed by atoms with Gasteiger partial charge in [-0.3, -0.25) is 15.0 Å². The number of amidine groups is 1. The molecule has 2 atom stereocenters. The van der Waals surface area contributed by atoms with Gasteiger partial charge in [0.25, 0.3) is 5.91 Å². The Balaban J connectivity index is 0.00000134. The van der Waals surface area contributed by atoms with Crippen molar-refractivity contribution >= 4 is 17.6 Å². The molecule has 2 rings (SSSR count). The lowest BCUT2D eigenvalue weighted by molar-refractivity contribution is -0.124. The first-order chi connectivity index (χ1) is 11.9. The highest BCUT2D eigenvalue weighted by atomic mass is 16.2. The van der Waals surface area contributed by atoms with Crippen LogP contribution >= 0.6 is 0 Å². The lowest BCUT2D eigenvalue weighted by Gasteiger charge is -2.23. The molecule has 2 unspecified atom stereocenters. The van der Waals surface area contributed by atoms with Crippen LogP contribution in [0.5, 0.6) is 0 Å². The number of amides is 2. The molecular formula is C19H32N4O2. The summed E-state index contributed by atoms with van der Waals surface area (Å²) < 4.78 is 0. The van der Waals surface area contributed by atoms with Crippen molar-refractivity contribution in [2.75, 3.05) is 13.6 Å². The second kappa shape index (κ2) is 11.2. The van der Waals surface area contributed by atoms with Gasteiger partial charge in [-0.15, -0.1) is 0 Å². The molecule has 0 saturated carbocycles. The van der Waals surface area contributed by atoms with Crippen LogP contribution in [0.2, 0.25) is 0 Å². The molecule has 140 valence electrons. The van der Waals surface area contributed by atoms with Crippen molar-refractivity contribution < 1.29 is 9.59 Å². The van der Waals surface area contributed by atoms with Gasteiger partial charge in [-0.25, -0.2) is 0 Å². The fourth-order valence-electron chi connectivity index (χ4n) is 2.64. The molecule has 6 heteroatoms. The number of nitrogen functional groups attached to an aromatic ring is 1. The molecule has 1 fully saturated rings. The molecule has 2 amide bonds. The van der Waals surface area contributed by atoms with Crippen molar-refractivity contribution in [3.63, 3.8) is 0 Å². The van der Waals surface area contributed by atoms with E-state index in [9.17, 15) is 9.59 Å². The number of nitrogens with two attached hydrogens (primary N) is 1. The Hall–Kier alpha value is -2.37.